The molecule has 0 radical (unpaired) electrons. The van der Waals surface area contributed by atoms with Gasteiger partial charge in [-0.1, -0.05) is 18.2 Å². The molecular weight excluding hydrogens is 266 g/mol. The fraction of sp³-hybridized carbons (Fsp3) is 0.588. The normalized spacial score (nSPS) is 19.3. The molecule has 1 spiro atoms. The van der Waals surface area contributed by atoms with Crippen molar-refractivity contribution in [3.05, 3.63) is 34.9 Å². The molecule has 1 heterocycles. The molecule has 0 unspecified atom stereocenters. The maximum absolute atomic E-state index is 12.3. The van der Waals surface area contributed by atoms with Gasteiger partial charge in [-0.05, 0) is 50.3 Å². The molecule has 1 aliphatic carbocycles. The maximum Gasteiger partial charge on any atom is 0.410 e. The van der Waals surface area contributed by atoms with E-state index in [0.717, 1.165) is 30.5 Å². The fourth-order valence-corrected chi connectivity index (χ4v) is 3.14. The first-order valence-corrected chi connectivity index (χ1v) is 7.54. The topological polar surface area (TPSA) is 49.8 Å². The number of aliphatic hydroxyl groups excluding tert-OH is 1. The van der Waals surface area contributed by atoms with Crippen LogP contribution in [0.5, 0.6) is 0 Å². The van der Waals surface area contributed by atoms with Gasteiger partial charge >= 0.3 is 6.09 Å². The van der Waals surface area contributed by atoms with Crippen LogP contribution >= 0.6 is 0 Å². The summed E-state index contributed by atoms with van der Waals surface area (Å²) in [5.74, 6) is 0. The number of fused-ring (bicyclic) bond motifs is 2. The maximum atomic E-state index is 12.3. The highest BCUT2D eigenvalue weighted by Crippen LogP contribution is 2.52. The molecule has 4 nitrogen and oxygen atoms in total. The molecule has 1 aromatic rings. The highest BCUT2D eigenvalue weighted by molar-refractivity contribution is 5.69. The van der Waals surface area contributed by atoms with Crippen LogP contribution in [0, 0.1) is 0 Å². The van der Waals surface area contributed by atoms with Crippen LogP contribution in [0.1, 0.15) is 50.3 Å². The molecule has 1 N–H and O–H groups in total. The average Bonchev–Trinajstić information content (AvgIpc) is 3.16. The Morgan fingerprint density at radius 2 is 2.10 bits per heavy atom. The fourth-order valence-electron chi connectivity index (χ4n) is 3.14. The van der Waals surface area contributed by atoms with Crippen molar-refractivity contribution in [3.63, 3.8) is 0 Å². The molecule has 3 rings (SSSR count). The van der Waals surface area contributed by atoms with Gasteiger partial charge in [0.25, 0.3) is 0 Å². The monoisotopic (exact) mass is 289 g/mol. The number of carbonyl (C=O) groups excluding carboxylic acids is 1. The summed E-state index contributed by atoms with van der Waals surface area (Å²) < 4.78 is 5.51. The Labute approximate surface area is 125 Å². The number of amides is 1. The minimum Gasteiger partial charge on any atom is -0.444 e. The summed E-state index contributed by atoms with van der Waals surface area (Å²) in [6, 6.07) is 6.13. The van der Waals surface area contributed by atoms with E-state index in [2.05, 4.69) is 6.07 Å². The third-order valence-electron chi connectivity index (χ3n) is 4.28. The molecule has 0 aromatic heterocycles. The van der Waals surface area contributed by atoms with Gasteiger partial charge in [0, 0.05) is 18.5 Å². The van der Waals surface area contributed by atoms with Gasteiger partial charge in [0.2, 0.25) is 0 Å². The molecular formula is C17H23NO3. The van der Waals surface area contributed by atoms with E-state index in [1.807, 2.05) is 37.8 Å². The zero-order valence-electron chi connectivity index (χ0n) is 13.0. The standard InChI is InChI=1S/C17H23NO3/c1-16(2,3)21-15(20)18-9-13-8-12(10-19)4-5-14(13)17(11-18)6-7-17/h4-5,8,19H,6-7,9-11H2,1-3H3. The average molecular weight is 289 g/mol. The quantitative estimate of drug-likeness (QED) is 0.864. The minimum absolute atomic E-state index is 0.0344. The van der Waals surface area contributed by atoms with Crippen molar-refractivity contribution in [3.8, 4) is 0 Å². The number of benzene rings is 1. The van der Waals surface area contributed by atoms with E-state index in [9.17, 15) is 9.90 Å². The van der Waals surface area contributed by atoms with Crippen molar-refractivity contribution in [1.82, 2.24) is 4.90 Å². The Bertz CT molecular complexity index is 570. The molecule has 0 bridgehead atoms. The molecule has 1 aromatic carbocycles. The lowest BCUT2D eigenvalue weighted by molar-refractivity contribution is 0.0196. The van der Waals surface area contributed by atoms with E-state index >= 15 is 0 Å². The largest absolute Gasteiger partial charge is 0.444 e. The van der Waals surface area contributed by atoms with Crippen LogP contribution < -0.4 is 0 Å². The number of hydrogen-bond donors (Lipinski definition) is 1. The summed E-state index contributed by atoms with van der Waals surface area (Å²) in [5, 5.41) is 9.31. The molecule has 21 heavy (non-hydrogen) atoms. The number of nitrogens with zero attached hydrogens (tertiary/aromatic N) is 1. The van der Waals surface area contributed by atoms with E-state index < -0.39 is 5.60 Å². The van der Waals surface area contributed by atoms with E-state index in [0.29, 0.717) is 6.54 Å². The predicted octanol–water partition coefficient (Wildman–Crippen LogP) is 2.96. The Kier molecular flexibility index (Phi) is 3.24. The van der Waals surface area contributed by atoms with Crippen LogP contribution in [0.2, 0.25) is 0 Å². The lowest BCUT2D eigenvalue weighted by atomic mass is 9.86. The van der Waals surface area contributed by atoms with Gasteiger partial charge in [0.15, 0.2) is 0 Å². The third-order valence-corrected chi connectivity index (χ3v) is 4.28. The Hall–Kier alpha value is -1.55. The first-order chi connectivity index (χ1) is 9.83. The Balaban J connectivity index is 1.87. The van der Waals surface area contributed by atoms with Gasteiger partial charge in [-0.25, -0.2) is 4.79 Å². The molecule has 0 saturated heterocycles. The van der Waals surface area contributed by atoms with Crippen LogP contribution in [-0.2, 0) is 23.3 Å². The number of hydrogen-bond acceptors (Lipinski definition) is 3. The Morgan fingerprint density at radius 1 is 1.38 bits per heavy atom. The lowest BCUT2D eigenvalue weighted by Gasteiger charge is -2.36. The highest BCUT2D eigenvalue weighted by atomic mass is 16.6. The summed E-state index contributed by atoms with van der Waals surface area (Å²) in [4.78, 5) is 14.2. The molecule has 0 atom stereocenters. The number of carbonyl (C=O) groups is 1. The number of rotatable bonds is 1. The van der Waals surface area contributed by atoms with Crippen molar-refractivity contribution in [1.29, 1.82) is 0 Å². The van der Waals surface area contributed by atoms with Crippen molar-refractivity contribution < 1.29 is 14.6 Å². The van der Waals surface area contributed by atoms with Gasteiger partial charge < -0.3 is 14.7 Å². The molecule has 114 valence electrons. The summed E-state index contributed by atoms with van der Waals surface area (Å²) in [6.07, 6.45) is 2.00. The predicted molar refractivity (Wildman–Crippen MR) is 79.9 cm³/mol. The Morgan fingerprint density at radius 3 is 2.67 bits per heavy atom. The molecule has 1 amide bonds. The van der Waals surface area contributed by atoms with Crippen molar-refractivity contribution in [2.45, 2.75) is 57.8 Å². The number of aliphatic hydroxyl groups is 1. The number of ether oxygens (including phenoxy) is 1. The van der Waals surface area contributed by atoms with Crippen molar-refractivity contribution >= 4 is 6.09 Å². The SMILES string of the molecule is CC(C)(C)OC(=O)N1Cc2cc(CO)ccc2C2(CC2)C1. The van der Waals surface area contributed by atoms with Crippen molar-refractivity contribution in [2.75, 3.05) is 6.54 Å². The minimum atomic E-state index is -0.471. The molecule has 4 heteroatoms. The molecule has 1 saturated carbocycles. The van der Waals surface area contributed by atoms with Crippen molar-refractivity contribution in [2.24, 2.45) is 0 Å². The molecule has 1 fully saturated rings. The van der Waals surface area contributed by atoms with E-state index in [1.165, 1.54) is 5.56 Å². The van der Waals surface area contributed by atoms with Crippen LogP contribution in [0.25, 0.3) is 0 Å². The van der Waals surface area contributed by atoms with Crippen LogP contribution in [0.15, 0.2) is 18.2 Å². The summed E-state index contributed by atoms with van der Waals surface area (Å²) in [6.45, 7) is 7.01. The van der Waals surface area contributed by atoms with Crippen LogP contribution in [0.4, 0.5) is 4.79 Å². The zero-order valence-corrected chi connectivity index (χ0v) is 13.0. The summed E-state index contributed by atoms with van der Waals surface area (Å²) >= 11 is 0. The second-order valence-corrected chi connectivity index (χ2v) is 7.27. The summed E-state index contributed by atoms with van der Waals surface area (Å²) in [5.41, 5.74) is 3.05. The van der Waals surface area contributed by atoms with Gasteiger partial charge in [-0.15, -0.1) is 0 Å². The van der Waals surface area contributed by atoms with Gasteiger partial charge in [0.1, 0.15) is 5.60 Å². The van der Waals surface area contributed by atoms with E-state index in [1.54, 1.807) is 0 Å². The molecule has 2 aliphatic rings. The van der Waals surface area contributed by atoms with E-state index in [4.69, 9.17) is 4.74 Å². The first kappa shape index (κ1) is 14.4. The third kappa shape index (κ3) is 2.77. The first-order valence-electron chi connectivity index (χ1n) is 7.54. The zero-order chi connectivity index (χ0) is 15.3. The van der Waals surface area contributed by atoms with Gasteiger partial charge in [-0.3, -0.25) is 0 Å². The lowest BCUT2D eigenvalue weighted by Crippen LogP contribution is -2.44. The van der Waals surface area contributed by atoms with Gasteiger partial charge in [-0.2, -0.15) is 0 Å². The van der Waals surface area contributed by atoms with E-state index in [-0.39, 0.29) is 18.1 Å². The summed E-state index contributed by atoms with van der Waals surface area (Å²) in [7, 11) is 0. The van der Waals surface area contributed by atoms with Gasteiger partial charge in [0.05, 0.1) is 6.61 Å². The smallest absolute Gasteiger partial charge is 0.410 e. The second-order valence-electron chi connectivity index (χ2n) is 7.27. The molecule has 1 aliphatic heterocycles. The van der Waals surface area contributed by atoms with Crippen LogP contribution in [0.3, 0.4) is 0 Å². The second kappa shape index (κ2) is 4.73. The van der Waals surface area contributed by atoms with Crippen LogP contribution in [-0.4, -0.2) is 28.2 Å². The highest BCUT2D eigenvalue weighted by Gasteiger charge is 2.50.